The van der Waals surface area contributed by atoms with Crippen LogP contribution in [0, 0.1) is 0 Å². The van der Waals surface area contributed by atoms with Crippen LogP contribution < -0.4 is 0 Å². The van der Waals surface area contributed by atoms with Crippen LogP contribution in [0.15, 0.2) is 6.20 Å². The van der Waals surface area contributed by atoms with Gasteiger partial charge in [-0.05, 0) is 0 Å². The van der Waals surface area contributed by atoms with Gasteiger partial charge in [0, 0.05) is 6.20 Å². The minimum absolute atomic E-state index is 0.612. The lowest BCUT2D eigenvalue weighted by Gasteiger charge is -2.01. The van der Waals surface area contributed by atoms with Gasteiger partial charge in [-0.3, -0.25) is 9.48 Å². The lowest BCUT2D eigenvalue weighted by molar-refractivity contribution is -0.143. The highest BCUT2D eigenvalue weighted by Gasteiger charge is 2.36. The van der Waals surface area contributed by atoms with Crippen LogP contribution in [-0.2, 0) is 17.5 Å². The Kier molecular flexibility index (Phi) is 2.70. The molecule has 1 heterocycles. The average Bonchev–Trinajstić information content (AvgIpc) is 2.27. The third kappa shape index (κ3) is 2.38. The highest BCUT2D eigenvalue weighted by atomic mass is 35.5. The molecule has 1 aromatic heterocycles. The first kappa shape index (κ1) is 10.8. The van der Waals surface area contributed by atoms with Gasteiger partial charge >= 0.3 is 12.1 Å². The van der Waals surface area contributed by atoms with E-state index in [2.05, 4.69) is 5.10 Å². The second-order valence-corrected chi connectivity index (χ2v) is 2.82. The van der Waals surface area contributed by atoms with Gasteiger partial charge < -0.3 is 5.11 Å². The van der Waals surface area contributed by atoms with Crippen LogP contribution in [0.2, 0.25) is 5.02 Å². The van der Waals surface area contributed by atoms with Crippen molar-refractivity contribution in [2.45, 2.75) is 12.7 Å². The molecule has 0 saturated carbocycles. The molecule has 0 bridgehead atoms. The van der Waals surface area contributed by atoms with Gasteiger partial charge in [-0.25, -0.2) is 0 Å². The molecule has 0 unspecified atom stereocenters. The van der Waals surface area contributed by atoms with Gasteiger partial charge in [0.2, 0.25) is 0 Å². The standard InChI is InChI=1S/C6H4ClF3N2O2/c7-3-1-12(2-4(13)14)11-5(3)6(8,9)10/h1H,2H2,(H,13,14). The van der Waals surface area contributed by atoms with Crippen molar-refractivity contribution in [2.75, 3.05) is 0 Å². The van der Waals surface area contributed by atoms with Crippen molar-refractivity contribution in [1.29, 1.82) is 0 Å². The van der Waals surface area contributed by atoms with E-state index in [9.17, 15) is 18.0 Å². The molecule has 0 radical (unpaired) electrons. The van der Waals surface area contributed by atoms with Crippen LogP contribution in [0.25, 0.3) is 0 Å². The summed E-state index contributed by atoms with van der Waals surface area (Å²) >= 11 is 5.22. The summed E-state index contributed by atoms with van der Waals surface area (Å²) < 4.78 is 36.9. The molecule has 0 amide bonds. The minimum Gasteiger partial charge on any atom is -0.480 e. The molecule has 1 N–H and O–H groups in total. The normalized spacial score (nSPS) is 11.7. The summed E-state index contributed by atoms with van der Waals surface area (Å²) in [5.74, 6) is -1.29. The monoisotopic (exact) mass is 228 g/mol. The second-order valence-electron chi connectivity index (χ2n) is 2.41. The fraction of sp³-hybridized carbons (Fsp3) is 0.333. The summed E-state index contributed by atoms with van der Waals surface area (Å²) in [6.45, 7) is -0.657. The molecule has 78 valence electrons. The first-order valence-corrected chi connectivity index (χ1v) is 3.70. The Morgan fingerprint density at radius 1 is 1.64 bits per heavy atom. The quantitative estimate of drug-likeness (QED) is 0.837. The Morgan fingerprint density at radius 2 is 2.21 bits per heavy atom. The highest BCUT2D eigenvalue weighted by Crippen LogP contribution is 2.32. The number of carboxylic acid groups (broad SMARTS) is 1. The topological polar surface area (TPSA) is 55.1 Å². The smallest absolute Gasteiger partial charge is 0.436 e. The van der Waals surface area contributed by atoms with Gasteiger partial charge in [-0.2, -0.15) is 18.3 Å². The Balaban J connectivity index is 2.99. The van der Waals surface area contributed by atoms with Crippen molar-refractivity contribution < 1.29 is 23.1 Å². The number of aromatic nitrogens is 2. The Morgan fingerprint density at radius 3 is 2.57 bits per heavy atom. The Hall–Kier alpha value is -1.24. The van der Waals surface area contributed by atoms with E-state index in [0.29, 0.717) is 4.68 Å². The van der Waals surface area contributed by atoms with Gasteiger partial charge in [0.15, 0.2) is 5.69 Å². The zero-order valence-electron chi connectivity index (χ0n) is 6.55. The number of hydrogen-bond donors (Lipinski definition) is 1. The molecule has 0 aliphatic rings. The molecular formula is C6H4ClF3N2O2. The molecule has 4 nitrogen and oxygen atoms in total. The maximum absolute atomic E-state index is 12.1. The summed E-state index contributed by atoms with van der Waals surface area (Å²) in [6, 6.07) is 0. The summed E-state index contributed by atoms with van der Waals surface area (Å²) in [7, 11) is 0. The van der Waals surface area contributed by atoms with E-state index in [1.165, 1.54) is 0 Å². The fourth-order valence-electron chi connectivity index (χ4n) is 0.809. The summed E-state index contributed by atoms with van der Waals surface area (Å²) in [5, 5.41) is 10.7. The summed E-state index contributed by atoms with van der Waals surface area (Å²) in [5.41, 5.74) is -1.28. The van der Waals surface area contributed by atoms with E-state index in [-0.39, 0.29) is 0 Å². The van der Waals surface area contributed by atoms with Gasteiger partial charge in [0.1, 0.15) is 6.54 Å². The first-order valence-electron chi connectivity index (χ1n) is 3.32. The largest absolute Gasteiger partial charge is 0.480 e. The Labute approximate surface area is 80.9 Å². The molecule has 0 aromatic carbocycles. The minimum atomic E-state index is -4.67. The number of nitrogens with zero attached hydrogens (tertiary/aromatic N) is 2. The van der Waals surface area contributed by atoms with Crippen molar-refractivity contribution in [3.8, 4) is 0 Å². The zero-order valence-corrected chi connectivity index (χ0v) is 7.30. The number of carbonyl (C=O) groups is 1. The maximum atomic E-state index is 12.1. The van der Waals surface area contributed by atoms with E-state index >= 15 is 0 Å². The number of aliphatic carboxylic acids is 1. The van der Waals surface area contributed by atoms with Crippen LogP contribution in [0.5, 0.6) is 0 Å². The van der Waals surface area contributed by atoms with Crippen molar-refractivity contribution >= 4 is 17.6 Å². The fourth-order valence-corrected chi connectivity index (χ4v) is 1.07. The molecular weight excluding hydrogens is 225 g/mol. The Bertz CT molecular complexity index is 360. The van der Waals surface area contributed by atoms with Crippen molar-refractivity contribution in [1.82, 2.24) is 9.78 Å². The number of hydrogen-bond acceptors (Lipinski definition) is 2. The number of alkyl halides is 3. The van der Waals surface area contributed by atoms with Crippen molar-refractivity contribution in [3.05, 3.63) is 16.9 Å². The van der Waals surface area contributed by atoms with Crippen molar-refractivity contribution in [3.63, 3.8) is 0 Å². The molecule has 0 aliphatic carbocycles. The third-order valence-corrected chi connectivity index (χ3v) is 1.56. The average molecular weight is 229 g/mol. The molecule has 0 atom stereocenters. The lowest BCUT2D eigenvalue weighted by atomic mass is 10.4. The first-order chi connectivity index (χ1) is 6.30. The number of carboxylic acids is 1. The maximum Gasteiger partial charge on any atom is 0.436 e. The number of rotatable bonds is 2. The van der Waals surface area contributed by atoms with Crippen LogP contribution in [0.3, 0.4) is 0 Å². The van der Waals surface area contributed by atoms with E-state index in [4.69, 9.17) is 16.7 Å². The molecule has 14 heavy (non-hydrogen) atoms. The predicted octanol–water partition coefficient (Wildman–Crippen LogP) is 1.64. The summed E-state index contributed by atoms with van der Waals surface area (Å²) in [4.78, 5) is 10.2. The van der Waals surface area contributed by atoms with E-state index in [1.807, 2.05) is 0 Å². The molecule has 1 aromatic rings. The molecule has 0 aliphatic heterocycles. The van der Waals surface area contributed by atoms with Gasteiger partial charge in [-0.1, -0.05) is 11.6 Å². The van der Waals surface area contributed by atoms with Crippen LogP contribution in [-0.4, -0.2) is 20.9 Å². The van der Waals surface area contributed by atoms with Gasteiger partial charge in [0.05, 0.1) is 5.02 Å². The molecule has 0 fully saturated rings. The SMILES string of the molecule is O=C(O)Cn1cc(Cl)c(C(F)(F)F)n1. The molecule has 1 rings (SSSR count). The number of halogens is 4. The highest BCUT2D eigenvalue weighted by molar-refractivity contribution is 6.31. The van der Waals surface area contributed by atoms with E-state index in [1.54, 1.807) is 0 Å². The van der Waals surface area contributed by atoms with Crippen molar-refractivity contribution in [2.24, 2.45) is 0 Å². The molecule has 0 saturated heterocycles. The van der Waals surface area contributed by atoms with E-state index in [0.717, 1.165) is 6.20 Å². The summed E-state index contributed by atoms with van der Waals surface area (Å²) in [6.07, 6.45) is -3.85. The molecule has 8 heteroatoms. The second kappa shape index (κ2) is 3.49. The van der Waals surface area contributed by atoms with E-state index < -0.39 is 29.4 Å². The third-order valence-electron chi connectivity index (χ3n) is 1.28. The molecule has 0 spiro atoms. The van der Waals surface area contributed by atoms with Crippen LogP contribution in [0.4, 0.5) is 13.2 Å². The van der Waals surface area contributed by atoms with Crippen LogP contribution >= 0.6 is 11.6 Å². The van der Waals surface area contributed by atoms with Gasteiger partial charge in [0.25, 0.3) is 0 Å². The van der Waals surface area contributed by atoms with Gasteiger partial charge in [-0.15, -0.1) is 0 Å². The lowest BCUT2D eigenvalue weighted by Crippen LogP contribution is -2.12. The van der Waals surface area contributed by atoms with Crippen LogP contribution in [0.1, 0.15) is 5.69 Å². The zero-order chi connectivity index (χ0) is 10.9. The predicted molar refractivity (Wildman–Crippen MR) is 39.9 cm³/mol.